The number of benzene rings is 3. The van der Waals surface area contributed by atoms with Crippen LogP contribution in [0.1, 0.15) is 21.7 Å². The van der Waals surface area contributed by atoms with Gasteiger partial charge in [0.25, 0.3) is 5.91 Å². The number of carbonyl (C=O) groups is 1. The van der Waals surface area contributed by atoms with Crippen molar-refractivity contribution in [1.29, 1.82) is 0 Å². The number of halogens is 2. The summed E-state index contributed by atoms with van der Waals surface area (Å²) in [5, 5.41) is 1.05. The zero-order valence-corrected chi connectivity index (χ0v) is 19.1. The normalized spacial score (nSPS) is 10.9. The molecule has 1 N–H and O–H groups in total. The lowest BCUT2D eigenvalue weighted by molar-refractivity contribution is 0.0827. The van der Waals surface area contributed by atoms with Crippen molar-refractivity contribution in [3.05, 3.63) is 87.7 Å². The fourth-order valence-electron chi connectivity index (χ4n) is 3.15. The number of nitrogens with one attached hydrogen (secondary N) is 1. The van der Waals surface area contributed by atoms with Gasteiger partial charge in [0, 0.05) is 35.3 Å². The van der Waals surface area contributed by atoms with E-state index in [0.717, 1.165) is 16.6 Å². The van der Waals surface area contributed by atoms with Crippen molar-refractivity contribution in [3.8, 4) is 11.5 Å². The van der Waals surface area contributed by atoms with Gasteiger partial charge in [-0.3, -0.25) is 4.79 Å². The van der Waals surface area contributed by atoms with Crippen LogP contribution in [-0.4, -0.2) is 34.9 Å². The number of H-pyrrole nitrogens is 1. The molecule has 0 atom stereocenters. The first-order valence-electron chi connectivity index (χ1n) is 9.89. The van der Waals surface area contributed by atoms with E-state index in [0.29, 0.717) is 32.9 Å². The highest BCUT2D eigenvalue weighted by Crippen LogP contribution is 2.31. The molecule has 1 aromatic heterocycles. The van der Waals surface area contributed by atoms with Crippen molar-refractivity contribution in [3.63, 3.8) is 0 Å². The van der Waals surface area contributed by atoms with Gasteiger partial charge in [-0.1, -0.05) is 41.4 Å². The summed E-state index contributed by atoms with van der Waals surface area (Å²) in [5.74, 6) is 1.47. The SMILES string of the molecule is CN(C)C(=O)c1ccc(OCc2nc3ccccc3[nH]2)c(OCc2ccc(Cl)cc2Cl)c1. The van der Waals surface area contributed by atoms with Gasteiger partial charge in [-0.2, -0.15) is 0 Å². The van der Waals surface area contributed by atoms with Crippen LogP contribution >= 0.6 is 23.2 Å². The number of imidazole rings is 1. The molecule has 164 valence electrons. The van der Waals surface area contributed by atoms with Crippen molar-refractivity contribution in [2.24, 2.45) is 0 Å². The van der Waals surface area contributed by atoms with E-state index in [1.54, 1.807) is 50.5 Å². The maximum Gasteiger partial charge on any atom is 0.253 e. The Hall–Kier alpha value is -3.22. The molecule has 0 bridgehead atoms. The van der Waals surface area contributed by atoms with Crippen LogP contribution in [0.25, 0.3) is 11.0 Å². The monoisotopic (exact) mass is 469 g/mol. The number of hydrogen-bond donors (Lipinski definition) is 1. The summed E-state index contributed by atoms with van der Waals surface area (Å²) in [4.78, 5) is 21.7. The summed E-state index contributed by atoms with van der Waals surface area (Å²) >= 11 is 12.2. The van der Waals surface area contributed by atoms with Gasteiger partial charge < -0.3 is 19.4 Å². The first-order valence-corrected chi connectivity index (χ1v) is 10.6. The Labute approximate surface area is 195 Å². The zero-order chi connectivity index (χ0) is 22.7. The Morgan fingerprint density at radius 2 is 1.75 bits per heavy atom. The van der Waals surface area contributed by atoms with Crippen molar-refractivity contribution in [2.45, 2.75) is 13.2 Å². The van der Waals surface area contributed by atoms with Crippen LogP contribution in [0.4, 0.5) is 0 Å². The zero-order valence-electron chi connectivity index (χ0n) is 17.6. The molecule has 4 rings (SSSR count). The quantitative estimate of drug-likeness (QED) is 0.375. The van der Waals surface area contributed by atoms with Crippen molar-refractivity contribution < 1.29 is 14.3 Å². The second kappa shape index (κ2) is 9.51. The van der Waals surface area contributed by atoms with Gasteiger partial charge in [-0.25, -0.2) is 4.98 Å². The first-order chi connectivity index (χ1) is 15.4. The van der Waals surface area contributed by atoms with Gasteiger partial charge in [0.05, 0.1) is 11.0 Å². The maximum atomic E-state index is 12.4. The molecule has 0 aliphatic heterocycles. The van der Waals surface area contributed by atoms with E-state index in [1.807, 2.05) is 24.3 Å². The summed E-state index contributed by atoms with van der Waals surface area (Å²) in [6.45, 7) is 0.407. The van der Waals surface area contributed by atoms with E-state index >= 15 is 0 Å². The molecule has 8 heteroatoms. The van der Waals surface area contributed by atoms with Crippen LogP contribution in [0.2, 0.25) is 10.0 Å². The summed E-state index contributed by atoms with van der Waals surface area (Å²) in [7, 11) is 3.39. The number of rotatable bonds is 7. The number of carbonyl (C=O) groups excluding carboxylic acids is 1. The van der Waals surface area contributed by atoms with E-state index in [1.165, 1.54) is 4.90 Å². The Bertz CT molecular complexity index is 1240. The number of fused-ring (bicyclic) bond motifs is 1. The molecular formula is C24H21Cl2N3O3. The van der Waals surface area contributed by atoms with Crippen LogP contribution in [0.3, 0.4) is 0 Å². The lowest BCUT2D eigenvalue weighted by Gasteiger charge is -2.16. The second-order valence-corrected chi connectivity index (χ2v) is 8.22. The third-order valence-electron chi connectivity index (χ3n) is 4.80. The lowest BCUT2D eigenvalue weighted by Crippen LogP contribution is -2.21. The largest absolute Gasteiger partial charge is 0.485 e. The number of ether oxygens (including phenoxy) is 2. The van der Waals surface area contributed by atoms with Gasteiger partial charge >= 0.3 is 0 Å². The van der Waals surface area contributed by atoms with E-state index in [2.05, 4.69) is 9.97 Å². The highest BCUT2D eigenvalue weighted by atomic mass is 35.5. The molecule has 0 saturated heterocycles. The molecule has 3 aromatic carbocycles. The van der Waals surface area contributed by atoms with E-state index in [4.69, 9.17) is 32.7 Å². The molecule has 0 aliphatic rings. The van der Waals surface area contributed by atoms with Crippen LogP contribution in [0.15, 0.2) is 60.7 Å². The fraction of sp³-hybridized carbons (Fsp3) is 0.167. The molecule has 1 amide bonds. The standard InChI is InChI=1S/C24H21Cl2N3O3/c1-29(2)24(30)15-8-10-21(32-14-23-27-19-5-3-4-6-20(19)28-23)22(11-15)31-13-16-7-9-17(25)12-18(16)26/h3-12H,13-14H2,1-2H3,(H,27,28). The second-order valence-electron chi connectivity index (χ2n) is 7.37. The molecule has 1 heterocycles. The minimum atomic E-state index is -0.136. The molecule has 0 radical (unpaired) electrons. The number of nitrogens with zero attached hydrogens (tertiary/aromatic N) is 2. The molecule has 0 saturated carbocycles. The molecule has 4 aromatic rings. The summed E-state index contributed by atoms with van der Waals surface area (Å²) in [6, 6.07) is 18.1. The van der Waals surface area contributed by atoms with Gasteiger partial charge in [-0.15, -0.1) is 0 Å². The third-order valence-corrected chi connectivity index (χ3v) is 5.38. The smallest absolute Gasteiger partial charge is 0.253 e. The lowest BCUT2D eigenvalue weighted by atomic mass is 10.1. The summed E-state index contributed by atoms with van der Waals surface area (Å²) in [6.07, 6.45) is 0. The Kier molecular flexibility index (Phi) is 6.53. The number of hydrogen-bond acceptors (Lipinski definition) is 4. The number of aromatic amines is 1. The van der Waals surface area contributed by atoms with Crippen molar-refractivity contribution >= 4 is 40.1 Å². The predicted octanol–water partition coefficient (Wildman–Crippen LogP) is 5.73. The third kappa shape index (κ3) is 4.98. The van der Waals surface area contributed by atoms with Crippen LogP contribution < -0.4 is 9.47 Å². The van der Waals surface area contributed by atoms with E-state index in [9.17, 15) is 4.79 Å². The summed E-state index contributed by atoms with van der Waals surface area (Å²) < 4.78 is 12.0. The average molecular weight is 470 g/mol. The van der Waals surface area contributed by atoms with E-state index < -0.39 is 0 Å². The fourth-order valence-corrected chi connectivity index (χ4v) is 3.61. The molecule has 0 unspecified atom stereocenters. The number of para-hydroxylation sites is 2. The molecule has 32 heavy (non-hydrogen) atoms. The molecule has 6 nitrogen and oxygen atoms in total. The first kappa shape index (κ1) is 22.0. The minimum Gasteiger partial charge on any atom is -0.485 e. The summed E-state index contributed by atoms with van der Waals surface area (Å²) in [5.41, 5.74) is 3.06. The average Bonchev–Trinajstić information content (AvgIpc) is 3.20. The molecule has 0 spiro atoms. The molecule has 0 fully saturated rings. The van der Waals surface area contributed by atoms with Gasteiger partial charge in [0.2, 0.25) is 0 Å². The topological polar surface area (TPSA) is 67.5 Å². The Morgan fingerprint density at radius 1 is 0.969 bits per heavy atom. The number of amides is 1. The van der Waals surface area contributed by atoms with Gasteiger partial charge in [0.15, 0.2) is 11.5 Å². The van der Waals surface area contributed by atoms with Crippen molar-refractivity contribution in [1.82, 2.24) is 14.9 Å². The Balaban J connectivity index is 1.57. The van der Waals surface area contributed by atoms with Crippen LogP contribution in [0, 0.1) is 0 Å². The maximum absolute atomic E-state index is 12.4. The molecule has 0 aliphatic carbocycles. The van der Waals surface area contributed by atoms with E-state index in [-0.39, 0.29) is 19.1 Å². The van der Waals surface area contributed by atoms with Gasteiger partial charge in [0.1, 0.15) is 19.0 Å². The van der Waals surface area contributed by atoms with Crippen molar-refractivity contribution in [2.75, 3.05) is 14.1 Å². The number of aromatic nitrogens is 2. The highest BCUT2D eigenvalue weighted by Gasteiger charge is 2.15. The molecular weight excluding hydrogens is 449 g/mol. The predicted molar refractivity (Wildman–Crippen MR) is 126 cm³/mol. The Morgan fingerprint density at radius 3 is 2.50 bits per heavy atom. The minimum absolute atomic E-state index is 0.136. The van der Waals surface area contributed by atoms with Gasteiger partial charge in [-0.05, 0) is 42.5 Å². The highest BCUT2D eigenvalue weighted by molar-refractivity contribution is 6.35. The van der Waals surface area contributed by atoms with Crippen LogP contribution in [0.5, 0.6) is 11.5 Å². The van der Waals surface area contributed by atoms with Crippen LogP contribution in [-0.2, 0) is 13.2 Å².